The lowest BCUT2D eigenvalue weighted by Gasteiger charge is -2.24. The highest BCUT2D eigenvalue weighted by molar-refractivity contribution is 5.32. The molecule has 13 heavy (non-hydrogen) atoms. The van der Waals surface area contributed by atoms with Crippen molar-refractivity contribution in [2.24, 2.45) is 5.41 Å². The van der Waals surface area contributed by atoms with Gasteiger partial charge in [-0.1, -0.05) is 40.7 Å². The zero-order valence-corrected chi connectivity index (χ0v) is 9.52. The van der Waals surface area contributed by atoms with Gasteiger partial charge < -0.3 is 5.11 Å². The Morgan fingerprint density at radius 3 is 1.85 bits per heavy atom. The smallest absolute Gasteiger partial charge is 0.115 e. The molecule has 1 N–H and O–H groups in total. The molecule has 0 aromatic heterocycles. The Kier molecular flexibility index (Phi) is 4.82. The van der Waals surface area contributed by atoms with Gasteiger partial charge in [-0.05, 0) is 29.9 Å². The minimum atomic E-state index is 0.0843. The number of hydrogen-bond acceptors (Lipinski definition) is 1. The normalized spacial score (nSPS) is 16.7. The predicted molar refractivity (Wildman–Crippen MR) is 58.8 cm³/mol. The molecule has 0 bridgehead atoms. The summed E-state index contributed by atoms with van der Waals surface area (Å²) >= 11 is 0. The molecule has 1 aliphatic rings. The lowest BCUT2D eigenvalue weighted by Crippen LogP contribution is -2.13. The van der Waals surface area contributed by atoms with Crippen LogP contribution in [0, 0.1) is 5.41 Å². The van der Waals surface area contributed by atoms with Crippen molar-refractivity contribution in [1.82, 2.24) is 0 Å². The van der Waals surface area contributed by atoms with Crippen molar-refractivity contribution in [2.45, 2.75) is 47.5 Å². The molecule has 0 heterocycles. The lowest BCUT2D eigenvalue weighted by molar-refractivity contribution is 0.372. The van der Waals surface area contributed by atoms with Gasteiger partial charge in [0.25, 0.3) is 0 Å². The van der Waals surface area contributed by atoms with E-state index in [9.17, 15) is 5.11 Å². The third-order valence-electron chi connectivity index (χ3n) is 1.94. The fourth-order valence-electron chi connectivity index (χ4n) is 1.35. The van der Waals surface area contributed by atoms with Crippen molar-refractivity contribution in [3.63, 3.8) is 0 Å². The van der Waals surface area contributed by atoms with Gasteiger partial charge in [-0.25, -0.2) is 0 Å². The van der Waals surface area contributed by atoms with E-state index in [1.807, 2.05) is 19.9 Å². The molecule has 1 heteroatoms. The molecule has 0 fully saturated rings. The number of hydrogen-bond donors (Lipinski definition) is 1. The molecule has 0 unspecified atom stereocenters. The standard InChI is InChI=1S/C10H16O.C2H6/c1-10(2,3)8-6-4-5-7-9(8)11;1-2/h6-7,11H,4-5H2,1-3H3;1-2H3. The van der Waals surface area contributed by atoms with Crippen LogP contribution in [-0.2, 0) is 0 Å². The Balaban J connectivity index is 0.000000671. The Bertz CT molecular complexity index is 204. The molecule has 76 valence electrons. The Morgan fingerprint density at radius 1 is 1.08 bits per heavy atom. The van der Waals surface area contributed by atoms with Crippen LogP contribution in [0.15, 0.2) is 23.5 Å². The van der Waals surface area contributed by atoms with Gasteiger partial charge in [-0.15, -0.1) is 0 Å². The van der Waals surface area contributed by atoms with Gasteiger partial charge in [-0.3, -0.25) is 0 Å². The van der Waals surface area contributed by atoms with Gasteiger partial charge in [0, 0.05) is 0 Å². The van der Waals surface area contributed by atoms with Crippen molar-refractivity contribution in [3.8, 4) is 0 Å². The van der Waals surface area contributed by atoms with Crippen LogP contribution in [0.3, 0.4) is 0 Å². The second-order valence-electron chi connectivity index (χ2n) is 4.03. The van der Waals surface area contributed by atoms with Crippen LogP contribution in [0.4, 0.5) is 0 Å². The molecule has 0 aliphatic heterocycles. The molecule has 1 rings (SSSR count). The molecule has 0 radical (unpaired) electrons. The molecule has 1 nitrogen and oxygen atoms in total. The van der Waals surface area contributed by atoms with E-state index >= 15 is 0 Å². The zero-order chi connectivity index (χ0) is 10.5. The number of aliphatic hydroxyl groups is 1. The Morgan fingerprint density at radius 2 is 1.54 bits per heavy atom. The fraction of sp³-hybridized carbons (Fsp3) is 0.667. The number of allylic oxidation sites excluding steroid dienone is 3. The van der Waals surface area contributed by atoms with Gasteiger partial charge in [-0.2, -0.15) is 0 Å². The summed E-state index contributed by atoms with van der Waals surface area (Å²) in [7, 11) is 0. The van der Waals surface area contributed by atoms with Crippen LogP contribution >= 0.6 is 0 Å². The van der Waals surface area contributed by atoms with E-state index in [0.29, 0.717) is 5.76 Å². The second-order valence-corrected chi connectivity index (χ2v) is 4.03. The lowest BCUT2D eigenvalue weighted by atomic mass is 9.82. The van der Waals surface area contributed by atoms with Crippen molar-refractivity contribution >= 4 is 0 Å². The van der Waals surface area contributed by atoms with Gasteiger partial charge >= 0.3 is 0 Å². The quantitative estimate of drug-likeness (QED) is 0.594. The van der Waals surface area contributed by atoms with Crippen molar-refractivity contribution < 1.29 is 5.11 Å². The first-order valence-electron chi connectivity index (χ1n) is 5.12. The molecule has 0 aromatic carbocycles. The molecule has 0 amide bonds. The summed E-state index contributed by atoms with van der Waals surface area (Å²) < 4.78 is 0. The molecule has 0 saturated heterocycles. The van der Waals surface area contributed by atoms with Crippen LogP contribution < -0.4 is 0 Å². The molecule has 0 spiro atoms. The summed E-state index contributed by atoms with van der Waals surface area (Å²) in [5.41, 5.74) is 1.17. The average Bonchev–Trinajstić information content (AvgIpc) is 2.07. The van der Waals surface area contributed by atoms with E-state index in [0.717, 1.165) is 18.4 Å². The number of rotatable bonds is 0. The highest BCUT2D eigenvalue weighted by atomic mass is 16.3. The highest BCUT2D eigenvalue weighted by Gasteiger charge is 2.21. The van der Waals surface area contributed by atoms with Crippen LogP contribution in [0.25, 0.3) is 0 Å². The predicted octanol–water partition coefficient (Wildman–Crippen LogP) is 4.22. The van der Waals surface area contributed by atoms with Crippen molar-refractivity contribution in [3.05, 3.63) is 23.5 Å². The molecule has 1 aliphatic carbocycles. The van der Waals surface area contributed by atoms with E-state index in [1.54, 1.807) is 0 Å². The number of aliphatic hydroxyl groups excluding tert-OH is 1. The molecule has 0 aromatic rings. The van der Waals surface area contributed by atoms with Crippen LogP contribution in [0.1, 0.15) is 47.5 Å². The highest BCUT2D eigenvalue weighted by Crippen LogP contribution is 2.32. The third-order valence-corrected chi connectivity index (χ3v) is 1.94. The van der Waals surface area contributed by atoms with Gasteiger partial charge in [0.1, 0.15) is 5.76 Å². The maximum Gasteiger partial charge on any atom is 0.115 e. The third kappa shape index (κ3) is 3.67. The minimum Gasteiger partial charge on any atom is -0.508 e. The summed E-state index contributed by atoms with van der Waals surface area (Å²) in [6.07, 6.45) is 6.08. The molecule has 0 atom stereocenters. The van der Waals surface area contributed by atoms with E-state index < -0.39 is 0 Å². The topological polar surface area (TPSA) is 20.2 Å². The van der Waals surface area contributed by atoms with Crippen molar-refractivity contribution in [2.75, 3.05) is 0 Å². The Labute approximate surface area is 82.2 Å². The van der Waals surface area contributed by atoms with Crippen molar-refractivity contribution in [1.29, 1.82) is 0 Å². The first-order chi connectivity index (χ1) is 6.02. The molecular formula is C12H22O. The van der Waals surface area contributed by atoms with E-state index in [4.69, 9.17) is 0 Å². The second kappa shape index (κ2) is 5.11. The first-order valence-corrected chi connectivity index (χ1v) is 5.12. The summed E-state index contributed by atoms with van der Waals surface area (Å²) in [5, 5.41) is 9.50. The monoisotopic (exact) mass is 182 g/mol. The molecule has 0 saturated carbocycles. The minimum absolute atomic E-state index is 0.0843. The Hall–Kier alpha value is -0.720. The van der Waals surface area contributed by atoms with Crippen LogP contribution in [0.2, 0.25) is 0 Å². The maximum absolute atomic E-state index is 9.50. The van der Waals surface area contributed by atoms with Gasteiger partial charge in [0.2, 0.25) is 0 Å². The van der Waals surface area contributed by atoms with Gasteiger partial charge in [0.15, 0.2) is 0 Å². The van der Waals surface area contributed by atoms with Gasteiger partial charge in [0.05, 0.1) is 0 Å². The van der Waals surface area contributed by atoms with E-state index in [-0.39, 0.29) is 5.41 Å². The average molecular weight is 182 g/mol. The SMILES string of the molecule is CC.CC(C)(C)C1=CCCC=C1O. The summed E-state index contributed by atoms with van der Waals surface area (Å²) in [4.78, 5) is 0. The first kappa shape index (κ1) is 12.3. The summed E-state index contributed by atoms with van der Waals surface area (Å²) in [5.74, 6) is 0.476. The summed E-state index contributed by atoms with van der Waals surface area (Å²) in [6.45, 7) is 10.4. The maximum atomic E-state index is 9.50. The van der Waals surface area contributed by atoms with E-state index in [1.165, 1.54) is 0 Å². The summed E-state index contributed by atoms with van der Waals surface area (Å²) in [6, 6.07) is 0. The zero-order valence-electron chi connectivity index (χ0n) is 9.52. The fourth-order valence-corrected chi connectivity index (χ4v) is 1.35. The van der Waals surface area contributed by atoms with E-state index in [2.05, 4.69) is 26.8 Å². The van der Waals surface area contributed by atoms with Crippen LogP contribution in [-0.4, -0.2) is 5.11 Å². The molecular weight excluding hydrogens is 160 g/mol. The van der Waals surface area contributed by atoms with Crippen LogP contribution in [0.5, 0.6) is 0 Å². The largest absolute Gasteiger partial charge is 0.508 e.